The monoisotopic (exact) mass is 355 g/mol. The summed E-state index contributed by atoms with van der Waals surface area (Å²) in [5, 5.41) is 8.37. The van der Waals surface area contributed by atoms with E-state index >= 15 is 0 Å². The molecule has 1 aliphatic heterocycles. The number of hydrogen-bond acceptors (Lipinski definition) is 5. The summed E-state index contributed by atoms with van der Waals surface area (Å²) in [6.45, 7) is 6.38. The zero-order valence-electron chi connectivity index (χ0n) is 15.0. The molecule has 1 saturated carbocycles. The van der Waals surface area contributed by atoms with Crippen molar-refractivity contribution in [3.05, 3.63) is 35.8 Å². The van der Waals surface area contributed by atoms with E-state index in [0.29, 0.717) is 30.3 Å². The van der Waals surface area contributed by atoms with Crippen LogP contribution in [0, 0.1) is 0 Å². The topological polar surface area (TPSA) is 65.9 Å². The summed E-state index contributed by atoms with van der Waals surface area (Å²) >= 11 is 0. The Hall–Kier alpha value is -2.70. The number of ether oxygens (including phenoxy) is 1. The number of alkyl halides is 1. The van der Waals surface area contributed by atoms with Gasteiger partial charge in [0, 0.05) is 18.5 Å². The highest BCUT2D eigenvalue weighted by Gasteiger charge is 2.40. The van der Waals surface area contributed by atoms with Gasteiger partial charge in [-0.05, 0) is 44.7 Å². The van der Waals surface area contributed by atoms with Gasteiger partial charge in [-0.15, -0.1) is 0 Å². The number of benzene rings is 1. The molecule has 2 heterocycles. The van der Waals surface area contributed by atoms with E-state index in [0.717, 1.165) is 29.5 Å². The molecule has 0 atom stereocenters. The number of halogens is 1. The van der Waals surface area contributed by atoms with Crippen LogP contribution in [0.25, 0.3) is 10.9 Å². The van der Waals surface area contributed by atoms with Crippen molar-refractivity contribution >= 4 is 23.3 Å². The number of allylic oxidation sites excluding steroid dienone is 1. The highest BCUT2D eigenvalue weighted by molar-refractivity contribution is 6.15. The van der Waals surface area contributed by atoms with Gasteiger partial charge in [0.05, 0.1) is 24.3 Å². The molecule has 0 bridgehead atoms. The first-order valence-electron chi connectivity index (χ1n) is 8.73. The quantitative estimate of drug-likeness (QED) is 0.810. The zero-order valence-corrected chi connectivity index (χ0v) is 15.0. The van der Waals surface area contributed by atoms with Crippen molar-refractivity contribution in [1.82, 2.24) is 15.1 Å². The van der Waals surface area contributed by atoms with Crippen molar-refractivity contribution in [2.24, 2.45) is 9.98 Å². The molecule has 1 aromatic carbocycles. The van der Waals surface area contributed by atoms with Gasteiger partial charge in [-0.1, -0.05) is 0 Å². The van der Waals surface area contributed by atoms with Crippen molar-refractivity contribution in [3.8, 4) is 5.75 Å². The molecule has 2 aliphatic rings. The fourth-order valence-electron chi connectivity index (χ4n) is 3.02. The standard InChI is InChI=1S/C19H22FN5O/c1-19(6-7-19)26-13-4-5-15-14(8-13)18(24-23-15)16(21-2)9-17(22-3)25-10-12(20)11-25/h4-5,8-9,12H,3,6-7,10-11H2,1-2H3,(H,23,24)/b17-9+,21-16+. The lowest BCUT2D eigenvalue weighted by atomic mass is 10.1. The Kier molecular flexibility index (Phi) is 4.01. The molecular formula is C19H22FN5O. The molecule has 7 heteroatoms. The molecule has 2 fully saturated rings. The van der Waals surface area contributed by atoms with E-state index < -0.39 is 6.17 Å². The first kappa shape index (κ1) is 16.8. The predicted octanol–water partition coefficient (Wildman–Crippen LogP) is 3.11. The maximum atomic E-state index is 13.2. The third kappa shape index (κ3) is 3.09. The fourth-order valence-corrected chi connectivity index (χ4v) is 3.02. The molecule has 0 unspecified atom stereocenters. The number of hydrogen-bond donors (Lipinski definition) is 1. The second-order valence-corrected chi connectivity index (χ2v) is 7.10. The van der Waals surface area contributed by atoms with E-state index in [1.807, 2.05) is 23.1 Å². The summed E-state index contributed by atoms with van der Waals surface area (Å²) in [5.41, 5.74) is 2.24. The number of aromatic nitrogens is 2. The summed E-state index contributed by atoms with van der Waals surface area (Å²) in [7, 11) is 1.70. The summed E-state index contributed by atoms with van der Waals surface area (Å²) in [6.07, 6.45) is 3.14. The lowest BCUT2D eigenvalue weighted by Crippen LogP contribution is -2.47. The Balaban J connectivity index is 1.67. The van der Waals surface area contributed by atoms with E-state index in [1.54, 1.807) is 13.1 Å². The molecular weight excluding hydrogens is 333 g/mol. The van der Waals surface area contributed by atoms with Gasteiger partial charge < -0.3 is 9.64 Å². The normalized spacial score (nSPS) is 20.2. The molecule has 1 saturated heterocycles. The Morgan fingerprint density at radius 1 is 1.46 bits per heavy atom. The number of aromatic amines is 1. The van der Waals surface area contributed by atoms with Gasteiger partial charge in [0.15, 0.2) is 0 Å². The van der Waals surface area contributed by atoms with Crippen molar-refractivity contribution in [3.63, 3.8) is 0 Å². The Labute approximate surface area is 151 Å². The molecule has 0 radical (unpaired) electrons. The number of H-pyrrole nitrogens is 1. The largest absolute Gasteiger partial charge is 0.488 e. The number of nitrogens with one attached hydrogen (secondary N) is 1. The molecule has 136 valence electrons. The average molecular weight is 355 g/mol. The van der Waals surface area contributed by atoms with E-state index in [4.69, 9.17) is 4.74 Å². The summed E-state index contributed by atoms with van der Waals surface area (Å²) in [5.74, 6) is 1.43. The van der Waals surface area contributed by atoms with Crippen LogP contribution < -0.4 is 4.74 Å². The lowest BCUT2D eigenvalue weighted by molar-refractivity contribution is 0.0974. The minimum atomic E-state index is -0.808. The third-order valence-corrected chi connectivity index (χ3v) is 4.93. The van der Waals surface area contributed by atoms with Crippen LogP contribution in [0.1, 0.15) is 25.5 Å². The first-order valence-corrected chi connectivity index (χ1v) is 8.73. The van der Waals surface area contributed by atoms with Crippen LogP contribution in [0.4, 0.5) is 4.39 Å². The highest BCUT2D eigenvalue weighted by Crippen LogP contribution is 2.40. The molecule has 0 spiro atoms. The van der Waals surface area contributed by atoms with Gasteiger partial charge in [-0.2, -0.15) is 5.10 Å². The molecule has 6 nitrogen and oxygen atoms in total. The van der Waals surface area contributed by atoms with Gasteiger partial charge in [-0.3, -0.25) is 10.1 Å². The number of rotatable bonds is 6. The molecule has 1 N–H and O–H groups in total. The van der Waals surface area contributed by atoms with Gasteiger partial charge in [0.25, 0.3) is 0 Å². The van der Waals surface area contributed by atoms with Gasteiger partial charge in [-0.25, -0.2) is 9.38 Å². The minimum Gasteiger partial charge on any atom is -0.488 e. The Morgan fingerprint density at radius 2 is 2.23 bits per heavy atom. The van der Waals surface area contributed by atoms with Crippen molar-refractivity contribution in [1.29, 1.82) is 0 Å². The van der Waals surface area contributed by atoms with Crippen molar-refractivity contribution in [2.75, 3.05) is 20.1 Å². The van der Waals surface area contributed by atoms with Crippen LogP contribution >= 0.6 is 0 Å². The summed E-state index contributed by atoms with van der Waals surface area (Å²) in [6, 6.07) is 5.89. The zero-order chi connectivity index (χ0) is 18.3. The van der Waals surface area contributed by atoms with Crippen LogP contribution in [-0.4, -0.2) is 59.4 Å². The fraction of sp³-hybridized carbons (Fsp3) is 0.421. The molecule has 1 aliphatic carbocycles. The van der Waals surface area contributed by atoms with Gasteiger partial charge in [0.1, 0.15) is 29.0 Å². The summed E-state index contributed by atoms with van der Waals surface area (Å²) < 4.78 is 19.2. The highest BCUT2D eigenvalue weighted by atomic mass is 19.1. The second-order valence-electron chi connectivity index (χ2n) is 7.10. The SMILES string of the molecule is C=N/C(=C\C(=N/C)c1n[nH]c2ccc(OC3(C)CC3)cc12)N1CC(F)C1. The predicted molar refractivity (Wildman–Crippen MR) is 101 cm³/mol. The van der Waals surface area contributed by atoms with Gasteiger partial charge in [0.2, 0.25) is 0 Å². The van der Waals surface area contributed by atoms with E-state index in [9.17, 15) is 4.39 Å². The molecule has 26 heavy (non-hydrogen) atoms. The Bertz CT molecular complexity index is 906. The maximum absolute atomic E-state index is 13.2. The van der Waals surface area contributed by atoms with E-state index in [2.05, 4.69) is 33.8 Å². The lowest BCUT2D eigenvalue weighted by Gasteiger charge is -2.36. The maximum Gasteiger partial charge on any atom is 0.135 e. The van der Waals surface area contributed by atoms with Crippen LogP contribution in [-0.2, 0) is 0 Å². The van der Waals surface area contributed by atoms with Crippen molar-refractivity contribution in [2.45, 2.75) is 31.5 Å². The molecule has 0 amide bonds. The Morgan fingerprint density at radius 3 is 2.85 bits per heavy atom. The molecule has 1 aromatic heterocycles. The molecule has 4 rings (SSSR count). The van der Waals surface area contributed by atoms with Crippen LogP contribution in [0.2, 0.25) is 0 Å². The van der Waals surface area contributed by atoms with Crippen molar-refractivity contribution < 1.29 is 9.13 Å². The van der Waals surface area contributed by atoms with E-state index in [1.165, 1.54) is 0 Å². The number of aliphatic imine (C=N–C) groups is 2. The first-order chi connectivity index (χ1) is 12.5. The van der Waals surface area contributed by atoms with Crippen LogP contribution in [0.5, 0.6) is 5.75 Å². The smallest absolute Gasteiger partial charge is 0.135 e. The average Bonchev–Trinajstić information content (AvgIpc) is 3.18. The van der Waals surface area contributed by atoms with E-state index in [-0.39, 0.29) is 5.60 Å². The number of fused-ring (bicyclic) bond motifs is 1. The minimum absolute atomic E-state index is 0.0422. The number of nitrogens with zero attached hydrogens (tertiary/aromatic N) is 4. The number of likely N-dealkylation sites (tertiary alicyclic amines) is 1. The second kappa shape index (κ2) is 6.23. The van der Waals surface area contributed by atoms with Crippen LogP contribution in [0.3, 0.4) is 0 Å². The molecule has 2 aromatic rings. The van der Waals surface area contributed by atoms with Gasteiger partial charge >= 0.3 is 0 Å². The third-order valence-electron chi connectivity index (χ3n) is 4.93. The summed E-state index contributed by atoms with van der Waals surface area (Å²) in [4.78, 5) is 10.2. The van der Waals surface area contributed by atoms with Crippen LogP contribution in [0.15, 0.2) is 40.1 Å².